The van der Waals surface area contributed by atoms with Crippen LogP contribution in [-0.4, -0.2) is 21.9 Å². The zero-order valence-corrected chi connectivity index (χ0v) is 13.1. The predicted octanol–water partition coefficient (Wildman–Crippen LogP) is 3.08. The van der Waals surface area contributed by atoms with Gasteiger partial charge in [0.05, 0.1) is 0 Å². The molecule has 0 unspecified atom stereocenters. The monoisotopic (exact) mass is 323 g/mol. The third-order valence-electron chi connectivity index (χ3n) is 4.17. The first-order valence-electron chi connectivity index (χ1n) is 8.01. The maximum Gasteiger partial charge on any atom is 0.273 e. The molecular formula is C18H17N3O3. The second kappa shape index (κ2) is 6.31. The molecule has 1 N–H and O–H groups in total. The Morgan fingerprint density at radius 3 is 3.00 bits per heavy atom. The van der Waals surface area contributed by atoms with E-state index in [2.05, 4.69) is 15.3 Å². The number of pyridine rings is 1. The van der Waals surface area contributed by atoms with Crippen molar-refractivity contribution in [1.29, 1.82) is 0 Å². The first-order chi connectivity index (χ1) is 11.8. The molecule has 0 bridgehead atoms. The molecule has 122 valence electrons. The van der Waals surface area contributed by atoms with Gasteiger partial charge in [-0.15, -0.1) is 0 Å². The maximum atomic E-state index is 12.0. The van der Waals surface area contributed by atoms with Crippen LogP contribution in [0.4, 0.5) is 0 Å². The number of carbonyl (C=O) groups excluding carboxylic acids is 1. The van der Waals surface area contributed by atoms with Gasteiger partial charge in [0.1, 0.15) is 17.5 Å². The normalized spacial score (nSPS) is 14.3. The number of rotatable bonds is 5. The summed E-state index contributed by atoms with van der Waals surface area (Å²) in [5.74, 6) is 0.829. The van der Waals surface area contributed by atoms with E-state index in [1.165, 1.54) is 12.7 Å². The summed E-state index contributed by atoms with van der Waals surface area (Å²) in [5, 5.41) is 3.93. The Labute approximate surface area is 138 Å². The van der Waals surface area contributed by atoms with E-state index in [0.717, 1.165) is 23.7 Å². The molecule has 3 aromatic rings. The average molecular weight is 323 g/mol. The lowest BCUT2D eigenvalue weighted by molar-refractivity contribution is 0.0911. The van der Waals surface area contributed by atoms with Crippen molar-refractivity contribution < 1.29 is 13.9 Å². The summed E-state index contributed by atoms with van der Waals surface area (Å²) in [4.78, 5) is 20.6. The third kappa shape index (κ3) is 2.95. The molecule has 1 aliphatic rings. The van der Waals surface area contributed by atoms with E-state index in [1.807, 2.05) is 30.3 Å². The van der Waals surface area contributed by atoms with Gasteiger partial charge in [-0.2, -0.15) is 0 Å². The van der Waals surface area contributed by atoms with Gasteiger partial charge >= 0.3 is 0 Å². The first-order valence-corrected chi connectivity index (χ1v) is 8.01. The van der Waals surface area contributed by atoms with Crippen molar-refractivity contribution in [3.05, 3.63) is 54.4 Å². The lowest BCUT2D eigenvalue weighted by atomic mass is 9.93. The molecule has 4 rings (SSSR count). The summed E-state index contributed by atoms with van der Waals surface area (Å²) in [6, 6.07) is 9.87. The van der Waals surface area contributed by atoms with E-state index in [0.29, 0.717) is 11.6 Å². The van der Waals surface area contributed by atoms with Crippen molar-refractivity contribution in [2.75, 3.05) is 0 Å². The van der Waals surface area contributed by atoms with Gasteiger partial charge in [-0.25, -0.2) is 4.98 Å². The lowest BCUT2D eigenvalue weighted by Crippen LogP contribution is -2.39. The summed E-state index contributed by atoms with van der Waals surface area (Å²) >= 11 is 0. The van der Waals surface area contributed by atoms with E-state index in [1.54, 1.807) is 6.20 Å². The Bertz CT molecular complexity index is 865. The minimum atomic E-state index is -0.193. The number of nitrogens with zero attached hydrogens (tertiary/aromatic N) is 2. The summed E-state index contributed by atoms with van der Waals surface area (Å²) in [7, 11) is 0. The second-order valence-electron chi connectivity index (χ2n) is 5.85. The summed E-state index contributed by atoms with van der Waals surface area (Å²) in [6.45, 7) is 0.145. The fraction of sp³-hybridized carbons (Fsp3) is 0.278. The van der Waals surface area contributed by atoms with E-state index < -0.39 is 0 Å². The van der Waals surface area contributed by atoms with E-state index in [9.17, 15) is 4.79 Å². The van der Waals surface area contributed by atoms with Crippen LogP contribution in [0.25, 0.3) is 10.9 Å². The highest BCUT2D eigenvalue weighted by atomic mass is 16.5. The number of benzene rings is 1. The van der Waals surface area contributed by atoms with Gasteiger partial charge in [-0.3, -0.25) is 9.78 Å². The SMILES string of the molecule is O=C(NC1CCC1)c1coc(COc2cccc3cccnc23)n1. The minimum absolute atomic E-state index is 0.145. The van der Waals surface area contributed by atoms with Crippen LogP contribution in [0.15, 0.2) is 47.2 Å². The second-order valence-corrected chi connectivity index (χ2v) is 5.85. The molecule has 1 aromatic carbocycles. The Morgan fingerprint density at radius 1 is 1.29 bits per heavy atom. The number of ether oxygens (including phenoxy) is 1. The number of aromatic nitrogens is 2. The number of nitrogens with one attached hydrogen (secondary N) is 1. The number of fused-ring (bicyclic) bond motifs is 1. The summed E-state index contributed by atoms with van der Waals surface area (Å²) in [5.41, 5.74) is 1.08. The average Bonchev–Trinajstić information content (AvgIpc) is 3.05. The zero-order chi connectivity index (χ0) is 16.4. The van der Waals surface area contributed by atoms with Gasteiger partial charge in [0.25, 0.3) is 5.91 Å². The number of hydrogen-bond donors (Lipinski definition) is 1. The van der Waals surface area contributed by atoms with Gasteiger partial charge in [-0.05, 0) is 31.4 Å². The Hall–Kier alpha value is -2.89. The van der Waals surface area contributed by atoms with Crippen LogP contribution in [-0.2, 0) is 6.61 Å². The highest BCUT2D eigenvalue weighted by molar-refractivity contribution is 5.92. The van der Waals surface area contributed by atoms with Crippen molar-refractivity contribution >= 4 is 16.8 Å². The molecule has 0 spiro atoms. The highest BCUT2D eigenvalue weighted by Crippen LogP contribution is 2.24. The van der Waals surface area contributed by atoms with Crippen LogP contribution < -0.4 is 10.1 Å². The van der Waals surface area contributed by atoms with Crippen molar-refractivity contribution in [3.63, 3.8) is 0 Å². The molecule has 2 aromatic heterocycles. The molecule has 0 atom stereocenters. The highest BCUT2D eigenvalue weighted by Gasteiger charge is 2.22. The van der Waals surface area contributed by atoms with Crippen LogP contribution in [0.1, 0.15) is 35.6 Å². The van der Waals surface area contributed by atoms with Crippen LogP contribution in [0.3, 0.4) is 0 Å². The molecule has 1 fully saturated rings. The Balaban J connectivity index is 1.43. The molecule has 0 radical (unpaired) electrons. The van der Waals surface area contributed by atoms with Crippen molar-refractivity contribution in [2.45, 2.75) is 31.9 Å². The molecule has 0 saturated heterocycles. The minimum Gasteiger partial charge on any atom is -0.482 e. The van der Waals surface area contributed by atoms with Gasteiger partial charge in [-0.1, -0.05) is 18.2 Å². The standard InChI is InChI=1S/C18H17N3O3/c22-18(20-13-6-2-7-13)14-10-24-16(21-14)11-23-15-8-1-4-12-5-3-9-19-17(12)15/h1,3-5,8-10,13H,2,6-7,11H2,(H,20,22). The molecule has 6 heteroatoms. The topological polar surface area (TPSA) is 77.2 Å². The Kier molecular flexibility index (Phi) is 3.86. The molecular weight excluding hydrogens is 306 g/mol. The number of hydrogen-bond acceptors (Lipinski definition) is 5. The number of amides is 1. The maximum absolute atomic E-state index is 12.0. The molecule has 6 nitrogen and oxygen atoms in total. The van der Waals surface area contributed by atoms with Crippen LogP contribution >= 0.6 is 0 Å². The molecule has 1 saturated carbocycles. The van der Waals surface area contributed by atoms with Gasteiger partial charge in [0, 0.05) is 17.6 Å². The van der Waals surface area contributed by atoms with E-state index >= 15 is 0 Å². The molecule has 2 heterocycles. The molecule has 1 amide bonds. The fourth-order valence-electron chi connectivity index (χ4n) is 2.63. The smallest absolute Gasteiger partial charge is 0.273 e. The zero-order valence-electron chi connectivity index (χ0n) is 13.1. The third-order valence-corrected chi connectivity index (χ3v) is 4.17. The van der Waals surface area contributed by atoms with Crippen molar-refractivity contribution in [1.82, 2.24) is 15.3 Å². The Morgan fingerprint density at radius 2 is 2.17 bits per heavy atom. The van der Waals surface area contributed by atoms with Gasteiger partial charge < -0.3 is 14.5 Å². The molecule has 0 aliphatic heterocycles. The van der Waals surface area contributed by atoms with E-state index in [-0.39, 0.29) is 24.2 Å². The van der Waals surface area contributed by atoms with Gasteiger partial charge in [0.15, 0.2) is 12.3 Å². The van der Waals surface area contributed by atoms with Crippen molar-refractivity contribution in [2.24, 2.45) is 0 Å². The first kappa shape index (κ1) is 14.7. The molecule has 1 aliphatic carbocycles. The van der Waals surface area contributed by atoms with Gasteiger partial charge in [0.2, 0.25) is 5.89 Å². The molecule has 24 heavy (non-hydrogen) atoms. The number of carbonyl (C=O) groups is 1. The number of oxazole rings is 1. The number of para-hydroxylation sites is 1. The van der Waals surface area contributed by atoms with Crippen LogP contribution in [0.2, 0.25) is 0 Å². The fourth-order valence-corrected chi connectivity index (χ4v) is 2.63. The summed E-state index contributed by atoms with van der Waals surface area (Å²) < 4.78 is 11.1. The predicted molar refractivity (Wildman–Crippen MR) is 87.7 cm³/mol. The van der Waals surface area contributed by atoms with Crippen molar-refractivity contribution in [3.8, 4) is 5.75 Å². The summed E-state index contributed by atoms with van der Waals surface area (Å²) in [6.07, 6.45) is 6.33. The van der Waals surface area contributed by atoms with Crippen LogP contribution in [0.5, 0.6) is 5.75 Å². The largest absolute Gasteiger partial charge is 0.482 e. The van der Waals surface area contributed by atoms with Crippen LogP contribution in [0, 0.1) is 0 Å². The quantitative estimate of drug-likeness (QED) is 0.781. The lowest BCUT2D eigenvalue weighted by Gasteiger charge is -2.25. The van der Waals surface area contributed by atoms with E-state index in [4.69, 9.17) is 9.15 Å².